The maximum Gasteiger partial charge on any atom is 0.268 e. The molecule has 0 bridgehead atoms. The summed E-state index contributed by atoms with van der Waals surface area (Å²) in [7, 11) is 0. The Morgan fingerprint density at radius 1 is 1.58 bits per heavy atom. The van der Waals surface area contributed by atoms with Gasteiger partial charge in [0.15, 0.2) is 0 Å². The van der Waals surface area contributed by atoms with Gasteiger partial charge in [0.25, 0.3) is 5.91 Å². The lowest BCUT2D eigenvalue weighted by molar-refractivity contribution is -0.0855. The van der Waals surface area contributed by atoms with Gasteiger partial charge in [-0.1, -0.05) is 0 Å². The number of nitrogens with zero attached hydrogens (tertiary/aromatic N) is 1. The Kier molecular flexibility index (Phi) is 5.01. The molecule has 0 radical (unpaired) electrons. The number of carbonyl (C=O) groups excluding carboxylic acids is 1. The Bertz CT molecular complexity index is 439. The van der Waals surface area contributed by atoms with Crippen LogP contribution in [0.25, 0.3) is 0 Å². The summed E-state index contributed by atoms with van der Waals surface area (Å²) in [5.41, 5.74) is 0.651. The molecule has 1 unspecified atom stereocenters. The summed E-state index contributed by atoms with van der Waals surface area (Å²) < 4.78 is 13.6. The summed E-state index contributed by atoms with van der Waals surface area (Å²) in [4.78, 5) is 12.2. The predicted octanol–water partition coefficient (Wildman–Crippen LogP) is 1.98. The molecule has 1 fully saturated rings. The van der Waals surface area contributed by atoms with E-state index in [4.69, 9.17) is 9.47 Å². The normalized spacial score (nSPS) is 19.7. The van der Waals surface area contributed by atoms with Crippen molar-refractivity contribution in [3.05, 3.63) is 22.4 Å². The quantitative estimate of drug-likeness (QED) is 0.918. The van der Waals surface area contributed by atoms with Gasteiger partial charge in [-0.25, -0.2) is 0 Å². The second-order valence-corrected chi connectivity index (χ2v) is 5.74. The van der Waals surface area contributed by atoms with Gasteiger partial charge in [0.2, 0.25) is 0 Å². The van der Waals surface area contributed by atoms with E-state index in [-0.39, 0.29) is 18.1 Å². The largest absolute Gasteiger partial charge is 0.376 e. The molecular weight excluding hydrogens is 312 g/mol. The third-order valence-corrected chi connectivity index (χ3v) is 3.41. The van der Waals surface area contributed by atoms with Gasteiger partial charge in [0, 0.05) is 23.3 Å². The highest BCUT2D eigenvalue weighted by atomic mass is 79.9. The van der Waals surface area contributed by atoms with Crippen LogP contribution < -0.4 is 5.32 Å². The van der Waals surface area contributed by atoms with E-state index >= 15 is 0 Å². The summed E-state index contributed by atoms with van der Waals surface area (Å²) in [6.45, 7) is 6.32. The van der Waals surface area contributed by atoms with Gasteiger partial charge in [-0.3, -0.25) is 4.79 Å². The summed E-state index contributed by atoms with van der Waals surface area (Å²) >= 11 is 3.40. The summed E-state index contributed by atoms with van der Waals surface area (Å²) in [5, 5.41) is 2.89. The molecule has 1 saturated heterocycles. The number of rotatable bonds is 4. The van der Waals surface area contributed by atoms with Crippen molar-refractivity contribution in [2.24, 2.45) is 0 Å². The van der Waals surface area contributed by atoms with E-state index in [1.807, 2.05) is 30.7 Å². The maximum atomic E-state index is 12.2. The van der Waals surface area contributed by atoms with Crippen molar-refractivity contribution in [1.29, 1.82) is 0 Å². The van der Waals surface area contributed by atoms with Gasteiger partial charge in [0.05, 0.1) is 25.9 Å². The van der Waals surface area contributed by atoms with Gasteiger partial charge < -0.3 is 19.4 Å². The highest BCUT2D eigenvalue weighted by molar-refractivity contribution is 9.10. The second-order valence-electron chi connectivity index (χ2n) is 4.82. The van der Waals surface area contributed by atoms with E-state index in [2.05, 4.69) is 21.2 Å². The van der Waals surface area contributed by atoms with Crippen LogP contribution in [0.4, 0.5) is 0 Å². The van der Waals surface area contributed by atoms with Gasteiger partial charge in [0.1, 0.15) is 5.69 Å². The molecule has 1 aromatic rings. The first-order valence-corrected chi connectivity index (χ1v) is 7.22. The molecule has 1 amide bonds. The van der Waals surface area contributed by atoms with Crippen molar-refractivity contribution in [3.8, 4) is 0 Å². The molecule has 2 heterocycles. The molecule has 0 spiro atoms. The van der Waals surface area contributed by atoms with E-state index in [0.29, 0.717) is 32.1 Å². The topological polar surface area (TPSA) is 52.5 Å². The molecule has 19 heavy (non-hydrogen) atoms. The number of hydrogen-bond donors (Lipinski definition) is 1. The average Bonchev–Trinajstić information content (AvgIpc) is 2.79. The van der Waals surface area contributed by atoms with E-state index in [1.54, 1.807) is 0 Å². The zero-order valence-corrected chi connectivity index (χ0v) is 12.8. The fraction of sp³-hybridized carbons (Fsp3) is 0.615. The fourth-order valence-corrected chi connectivity index (χ4v) is 2.44. The lowest BCUT2D eigenvalue weighted by Gasteiger charge is -2.23. The van der Waals surface area contributed by atoms with Gasteiger partial charge in [-0.15, -0.1) is 0 Å². The highest BCUT2D eigenvalue weighted by Gasteiger charge is 2.18. The molecule has 1 aromatic heterocycles. The van der Waals surface area contributed by atoms with Crippen LogP contribution in [0.15, 0.2) is 16.7 Å². The summed E-state index contributed by atoms with van der Waals surface area (Å²) in [5.74, 6) is -0.0893. The first-order valence-electron chi connectivity index (χ1n) is 6.43. The van der Waals surface area contributed by atoms with Crippen molar-refractivity contribution >= 4 is 21.8 Å². The van der Waals surface area contributed by atoms with E-state index in [9.17, 15) is 4.79 Å². The van der Waals surface area contributed by atoms with Crippen LogP contribution in [-0.2, 0) is 9.47 Å². The Balaban J connectivity index is 1.95. The van der Waals surface area contributed by atoms with Crippen molar-refractivity contribution < 1.29 is 14.3 Å². The second kappa shape index (κ2) is 6.54. The Hall–Kier alpha value is -0.850. The monoisotopic (exact) mass is 330 g/mol. The molecule has 106 valence electrons. The summed E-state index contributed by atoms with van der Waals surface area (Å²) in [6.07, 6.45) is 1.86. The summed E-state index contributed by atoms with van der Waals surface area (Å²) in [6, 6.07) is 2.06. The number of aromatic nitrogens is 1. The van der Waals surface area contributed by atoms with Gasteiger partial charge in [-0.2, -0.15) is 0 Å². The molecule has 1 aliphatic heterocycles. The fourth-order valence-electron chi connectivity index (χ4n) is 2.01. The van der Waals surface area contributed by atoms with Gasteiger partial charge in [-0.05, 0) is 35.8 Å². The predicted molar refractivity (Wildman–Crippen MR) is 75.4 cm³/mol. The number of ether oxygens (including phenoxy) is 2. The van der Waals surface area contributed by atoms with E-state index < -0.39 is 0 Å². The molecule has 6 heteroatoms. The minimum Gasteiger partial charge on any atom is -0.376 e. The minimum atomic E-state index is -0.0893. The van der Waals surface area contributed by atoms with Crippen LogP contribution in [-0.4, -0.2) is 42.9 Å². The number of nitrogens with one attached hydrogen (secondary N) is 1. The van der Waals surface area contributed by atoms with Crippen molar-refractivity contribution in [2.75, 3.05) is 26.4 Å². The average molecular weight is 331 g/mol. The highest BCUT2D eigenvalue weighted by Crippen LogP contribution is 2.19. The van der Waals surface area contributed by atoms with Crippen molar-refractivity contribution in [1.82, 2.24) is 9.88 Å². The maximum absolute atomic E-state index is 12.2. The van der Waals surface area contributed by atoms with Crippen LogP contribution in [0.2, 0.25) is 0 Å². The molecule has 2 rings (SSSR count). The number of amides is 1. The number of halogens is 1. The third kappa shape index (κ3) is 3.81. The van der Waals surface area contributed by atoms with Crippen LogP contribution in [0.5, 0.6) is 0 Å². The number of carbonyl (C=O) groups is 1. The number of hydrogen-bond acceptors (Lipinski definition) is 3. The third-order valence-electron chi connectivity index (χ3n) is 2.98. The molecule has 0 aliphatic carbocycles. The van der Waals surface area contributed by atoms with Crippen molar-refractivity contribution in [3.63, 3.8) is 0 Å². The lowest BCUT2D eigenvalue weighted by Crippen LogP contribution is -2.40. The zero-order chi connectivity index (χ0) is 13.8. The Morgan fingerprint density at radius 2 is 2.37 bits per heavy atom. The van der Waals surface area contributed by atoms with Crippen LogP contribution in [0, 0.1) is 0 Å². The van der Waals surface area contributed by atoms with Crippen LogP contribution in [0.3, 0.4) is 0 Å². The molecule has 1 aliphatic rings. The van der Waals surface area contributed by atoms with Crippen LogP contribution in [0.1, 0.15) is 30.4 Å². The minimum absolute atomic E-state index is 0.0522. The lowest BCUT2D eigenvalue weighted by atomic mass is 10.3. The molecule has 1 N–H and O–H groups in total. The van der Waals surface area contributed by atoms with Crippen LogP contribution >= 0.6 is 15.9 Å². The SMILES string of the molecule is CC(C)n1cc(Br)cc1C(=O)NCC1COCCO1. The first kappa shape index (κ1) is 14.6. The Labute approximate surface area is 121 Å². The molecule has 0 aromatic carbocycles. The van der Waals surface area contributed by atoms with E-state index in [1.165, 1.54) is 0 Å². The van der Waals surface area contributed by atoms with Gasteiger partial charge >= 0.3 is 0 Å². The molecule has 1 atom stereocenters. The zero-order valence-electron chi connectivity index (χ0n) is 11.2. The molecular formula is C13H19BrN2O3. The molecule has 5 nitrogen and oxygen atoms in total. The van der Waals surface area contributed by atoms with Crippen molar-refractivity contribution in [2.45, 2.75) is 26.0 Å². The first-order chi connectivity index (χ1) is 9.08. The van der Waals surface area contributed by atoms with E-state index in [0.717, 1.165) is 4.47 Å². The smallest absolute Gasteiger partial charge is 0.268 e. The standard InChI is InChI=1S/C13H19BrN2O3/c1-9(2)16-7-10(14)5-12(16)13(17)15-6-11-8-18-3-4-19-11/h5,7,9,11H,3-4,6,8H2,1-2H3,(H,15,17). The molecule has 0 saturated carbocycles. The Morgan fingerprint density at radius 3 is 3.00 bits per heavy atom.